The summed E-state index contributed by atoms with van der Waals surface area (Å²) in [6.45, 7) is 0. The van der Waals surface area contributed by atoms with Gasteiger partial charge in [0.15, 0.2) is 5.83 Å². The summed E-state index contributed by atoms with van der Waals surface area (Å²) < 4.78 is 24.6. The number of nitrogens with two attached hydrogens (primary N) is 1. The molecule has 1 rings (SSSR count). The van der Waals surface area contributed by atoms with Crippen molar-refractivity contribution in [2.24, 2.45) is 5.73 Å². The molecular formula is C6H6ClF2N. The first-order valence-corrected chi connectivity index (χ1v) is 3.10. The number of allylic oxidation sites excluding steroid dienone is 2. The van der Waals surface area contributed by atoms with Crippen LogP contribution in [0.5, 0.6) is 0 Å². The lowest BCUT2D eigenvalue weighted by atomic mass is 10.1. The Morgan fingerprint density at radius 1 is 1.60 bits per heavy atom. The van der Waals surface area contributed by atoms with Gasteiger partial charge in [-0.3, -0.25) is 0 Å². The summed E-state index contributed by atoms with van der Waals surface area (Å²) in [5, 5.41) is 0. The predicted molar refractivity (Wildman–Crippen MR) is 35.8 cm³/mol. The van der Waals surface area contributed by atoms with E-state index in [0.29, 0.717) is 0 Å². The zero-order valence-corrected chi connectivity index (χ0v) is 5.83. The molecule has 0 saturated carbocycles. The lowest BCUT2D eigenvalue weighted by Crippen LogP contribution is -2.32. The fourth-order valence-electron chi connectivity index (χ4n) is 0.683. The predicted octanol–water partition coefficient (Wildman–Crippen LogP) is 1.99. The van der Waals surface area contributed by atoms with E-state index in [2.05, 4.69) is 0 Å². The van der Waals surface area contributed by atoms with E-state index in [-0.39, 0.29) is 6.42 Å². The summed E-state index contributed by atoms with van der Waals surface area (Å²) in [7, 11) is 0. The minimum atomic E-state index is -1.25. The van der Waals surface area contributed by atoms with Gasteiger partial charge >= 0.3 is 0 Å². The molecular weight excluding hydrogens is 160 g/mol. The summed E-state index contributed by atoms with van der Waals surface area (Å²) in [4.78, 5) is -1.25. The van der Waals surface area contributed by atoms with Gasteiger partial charge in [0.1, 0.15) is 10.8 Å². The highest BCUT2D eigenvalue weighted by molar-refractivity contribution is 6.25. The lowest BCUT2D eigenvalue weighted by Gasteiger charge is -2.18. The highest BCUT2D eigenvalue weighted by atomic mass is 35.5. The molecule has 1 atom stereocenters. The van der Waals surface area contributed by atoms with Crippen molar-refractivity contribution < 1.29 is 8.78 Å². The number of rotatable bonds is 0. The molecule has 0 heterocycles. The molecule has 0 bridgehead atoms. The number of hydrogen-bond acceptors (Lipinski definition) is 1. The first-order valence-electron chi connectivity index (χ1n) is 2.72. The quantitative estimate of drug-likeness (QED) is 0.431. The van der Waals surface area contributed by atoms with Gasteiger partial charge in [-0.1, -0.05) is 11.6 Å². The third-order valence-electron chi connectivity index (χ3n) is 1.19. The van der Waals surface area contributed by atoms with E-state index < -0.39 is 16.7 Å². The summed E-state index contributed by atoms with van der Waals surface area (Å²) in [6.07, 6.45) is 1.88. The molecule has 0 radical (unpaired) electrons. The maximum Gasteiger partial charge on any atom is 0.154 e. The molecule has 0 fully saturated rings. The molecule has 0 aromatic rings. The molecule has 4 heteroatoms. The molecule has 0 saturated heterocycles. The van der Waals surface area contributed by atoms with Crippen LogP contribution >= 0.6 is 11.6 Å². The van der Waals surface area contributed by atoms with Crippen molar-refractivity contribution in [2.45, 2.75) is 11.4 Å². The zero-order valence-electron chi connectivity index (χ0n) is 5.07. The summed E-state index contributed by atoms with van der Waals surface area (Å²) >= 11 is 5.48. The molecule has 0 amide bonds. The molecule has 0 aromatic heterocycles. The van der Waals surface area contributed by atoms with E-state index >= 15 is 0 Å². The maximum absolute atomic E-state index is 12.4. The molecule has 56 valence electrons. The van der Waals surface area contributed by atoms with Crippen molar-refractivity contribution in [1.29, 1.82) is 0 Å². The Morgan fingerprint density at radius 2 is 2.20 bits per heavy atom. The second kappa shape index (κ2) is 2.32. The smallest absolute Gasteiger partial charge is 0.154 e. The van der Waals surface area contributed by atoms with Crippen LogP contribution < -0.4 is 5.73 Å². The fraction of sp³-hybridized carbons (Fsp3) is 0.333. The number of halogens is 3. The second-order valence-electron chi connectivity index (χ2n) is 2.19. The third-order valence-corrected chi connectivity index (χ3v) is 1.45. The van der Waals surface area contributed by atoms with Crippen molar-refractivity contribution in [2.75, 3.05) is 0 Å². The standard InChI is InChI=1S/C6H6ClF2N/c7-6(10)2-1-4(8)5(9)3-6/h1-2H,3,10H2. The van der Waals surface area contributed by atoms with Gasteiger partial charge in [0.25, 0.3) is 0 Å². The van der Waals surface area contributed by atoms with Gasteiger partial charge in [0, 0.05) is 6.42 Å². The minimum Gasteiger partial charge on any atom is -0.309 e. The van der Waals surface area contributed by atoms with Gasteiger partial charge in [-0.15, -0.1) is 0 Å². The van der Waals surface area contributed by atoms with Crippen molar-refractivity contribution in [1.82, 2.24) is 0 Å². The molecule has 0 aromatic carbocycles. The van der Waals surface area contributed by atoms with Crippen LogP contribution in [0, 0.1) is 0 Å². The van der Waals surface area contributed by atoms with Gasteiger partial charge in [0.2, 0.25) is 0 Å². The zero-order chi connectivity index (χ0) is 7.78. The Morgan fingerprint density at radius 3 is 2.60 bits per heavy atom. The van der Waals surface area contributed by atoms with E-state index in [9.17, 15) is 8.78 Å². The van der Waals surface area contributed by atoms with Crippen LogP contribution in [0.3, 0.4) is 0 Å². The third kappa shape index (κ3) is 1.55. The summed E-state index contributed by atoms with van der Waals surface area (Å²) in [5.74, 6) is -1.78. The number of alkyl halides is 1. The minimum absolute atomic E-state index is 0.281. The second-order valence-corrected chi connectivity index (χ2v) is 2.89. The Labute approximate surface area is 62.2 Å². The Bertz CT molecular complexity index is 208. The van der Waals surface area contributed by atoms with Crippen LogP contribution in [0.4, 0.5) is 8.78 Å². The van der Waals surface area contributed by atoms with Gasteiger partial charge < -0.3 is 5.73 Å². The van der Waals surface area contributed by atoms with Crippen LogP contribution in [0.25, 0.3) is 0 Å². The average Bonchev–Trinajstić information content (AvgIpc) is 1.79. The summed E-state index contributed by atoms with van der Waals surface area (Å²) in [6, 6.07) is 0. The highest BCUT2D eigenvalue weighted by Gasteiger charge is 2.25. The highest BCUT2D eigenvalue weighted by Crippen LogP contribution is 2.29. The van der Waals surface area contributed by atoms with Gasteiger partial charge in [-0.2, -0.15) is 0 Å². The van der Waals surface area contributed by atoms with Crippen LogP contribution in [0.2, 0.25) is 0 Å². The van der Waals surface area contributed by atoms with Gasteiger partial charge in [0.05, 0.1) is 0 Å². The van der Waals surface area contributed by atoms with E-state index in [1.54, 1.807) is 0 Å². The SMILES string of the molecule is NC1(Cl)C=CC(F)=C(F)C1. The molecule has 1 aliphatic carbocycles. The first kappa shape index (κ1) is 7.69. The van der Waals surface area contributed by atoms with E-state index in [1.807, 2.05) is 0 Å². The van der Waals surface area contributed by atoms with Crippen LogP contribution in [0.15, 0.2) is 23.8 Å². The fourth-order valence-corrected chi connectivity index (χ4v) is 0.864. The van der Waals surface area contributed by atoms with Crippen molar-refractivity contribution in [3.05, 3.63) is 23.8 Å². The van der Waals surface area contributed by atoms with Crippen molar-refractivity contribution in [3.63, 3.8) is 0 Å². The molecule has 1 nitrogen and oxygen atoms in total. The van der Waals surface area contributed by atoms with E-state index in [4.69, 9.17) is 17.3 Å². The Kier molecular flexibility index (Phi) is 1.79. The Balaban J connectivity index is 2.85. The van der Waals surface area contributed by atoms with Gasteiger partial charge in [-0.25, -0.2) is 8.78 Å². The molecule has 10 heavy (non-hydrogen) atoms. The molecule has 1 aliphatic rings. The number of hydrogen-bond donors (Lipinski definition) is 1. The van der Waals surface area contributed by atoms with Gasteiger partial charge in [-0.05, 0) is 12.2 Å². The van der Waals surface area contributed by atoms with E-state index in [0.717, 1.165) is 6.08 Å². The van der Waals surface area contributed by atoms with Crippen molar-refractivity contribution >= 4 is 11.6 Å². The molecule has 0 aliphatic heterocycles. The van der Waals surface area contributed by atoms with Crippen LogP contribution in [-0.4, -0.2) is 5.00 Å². The largest absolute Gasteiger partial charge is 0.309 e. The van der Waals surface area contributed by atoms with Crippen LogP contribution in [-0.2, 0) is 0 Å². The maximum atomic E-state index is 12.4. The molecule has 2 N–H and O–H groups in total. The Hall–Kier alpha value is -0.410. The monoisotopic (exact) mass is 165 g/mol. The lowest BCUT2D eigenvalue weighted by molar-refractivity contribution is 0.485. The molecule has 0 spiro atoms. The topological polar surface area (TPSA) is 26.0 Å². The molecule has 1 unspecified atom stereocenters. The normalized spacial score (nSPS) is 33.2. The average molecular weight is 166 g/mol. The van der Waals surface area contributed by atoms with Crippen LogP contribution in [0.1, 0.15) is 6.42 Å². The summed E-state index contributed by atoms with van der Waals surface area (Å²) in [5.41, 5.74) is 5.27. The first-order chi connectivity index (χ1) is 4.51. The van der Waals surface area contributed by atoms with Crippen molar-refractivity contribution in [3.8, 4) is 0 Å². The van der Waals surface area contributed by atoms with E-state index in [1.165, 1.54) is 6.08 Å².